The second-order valence-corrected chi connectivity index (χ2v) is 8.91. The van der Waals surface area contributed by atoms with Gasteiger partial charge < -0.3 is 10.2 Å². The molecule has 0 radical (unpaired) electrons. The Morgan fingerprint density at radius 1 is 1.24 bits per heavy atom. The maximum Gasteiger partial charge on any atom is 0.246 e. The van der Waals surface area contributed by atoms with E-state index in [1.807, 2.05) is 0 Å². The van der Waals surface area contributed by atoms with E-state index in [9.17, 15) is 18.0 Å². The summed E-state index contributed by atoms with van der Waals surface area (Å²) < 4.78 is 22.9. The fourth-order valence-corrected chi connectivity index (χ4v) is 4.14. The van der Waals surface area contributed by atoms with Gasteiger partial charge in [0, 0.05) is 12.8 Å². The molecule has 7 heteroatoms. The predicted octanol–water partition coefficient (Wildman–Crippen LogP) is 0.0808. The molecule has 1 N–H and O–H groups in total. The smallest absolute Gasteiger partial charge is 0.246 e. The van der Waals surface area contributed by atoms with E-state index in [1.54, 1.807) is 4.90 Å². The van der Waals surface area contributed by atoms with Gasteiger partial charge >= 0.3 is 0 Å². The van der Waals surface area contributed by atoms with Gasteiger partial charge in [-0.05, 0) is 31.6 Å². The van der Waals surface area contributed by atoms with Gasteiger partial charge in [0.25, 0.3) is 0 Å². The van der Waals surface area contributed by atoms with Gasteiger partial charge in [-0.25, -0.2) is 8.42 Å². The second kappa shape index (κ2) is 4.97. The zero-order valence-electron chi connectivity index (χ0n) is 12.3. The third kappa shape index (κ3) is 2.67. The summed E-state index contributed by atoms with van der Waals surface area (Å²) in [5.41, 5.74) is -0.798. The number of hydrogen-bond donors (Lipinski definition) is 1. The van der Waals surface area contributed by atoms with Crippen LogP contribution in [0.25, 0.3) is 0 Å². The minimum Gasteiger partial charge on any atom is -0.342 e. The van der Waals surface area contributed by atoms with Crippen LogP contribution in [-0.2, 0) is 19.4 Å². The number of carbonyl (C=O) groups excluding carboxylic acids is 2. The first-order valence-corrected chi connectivity index (χ1v) is 9.70. The maximum atomic E-state index is 12.7. The number of hydrogen-bond acceptors (Lipinski definition) is 4. The fraction of sp³-hybridized carbons (Fsp3) is 0.857. The largest absolute Gasteiger partial charge is 0.342 e. The molecule has 1 spiro atoms. The standard InChI is InChI=1S/C14H22N2O4S/c1-21(19,20)9-8-16-12(17)11(10-4-5-10)15-13(18)14(16)6-2-3-7-14/h10-11H,2-9H2,1H3,(H,15,18). The summed E-state index contributed by atoms with van der Waals surface area (Å²) in [6.45, 7) is 0.133. The van der Waals surface area contributed by atoms with Crippen molar-refractivity contribution in [3.05, 3.63) is 0 Å². The summed E-state index contributed by atoms with van der Waals surface area (Å²) in [6, 6.07) is -0.441. The second-order valence-electron chi connectivity index (χ2n) is 6.65. The lowest BCUT2D eigenvalue weighted by Crippen LogP contribution is -2.70. The molecule has 2 aliphatic carbocycles. The van der Waals surface area contributed by atoms with Crippen molar-refractivity contribution in [1.29, 1.82) is 0 Å². The van der Waals surface area contributed by atoms with Crippen molar-refractivity contribution >= 4 is 21.7 Å². The van der Waals surface area contributed by atoms with Gasteiger partial charge in [-0.3, -0.25) is 9.59 Å². The molecule has 0 bridgehead atoms. The van der Waals surface area contributed by atoms with Crippen LogP contribution < -0.4 is 5.32 Å². The van der Waals surface area contributed by atoms with Crippen molar-refractivity contribution in [3.63, 3.8) is 0 Å². The van der Waals surface area contributed by atoms with Gasteiger partial charge in [0.2, 0.25) is 11.8 Å². The number of carbonyl (C=O) groups is 2. The Labute approximate surface area is 125 Å². The lowest BCUT2D eigenvalue weighted by Gasteiger charge is -2.46. The van der Waals surface area contributed by atoms with E-state index in [-0.39, 0.29) is 30.0 Å². The molecule has 2 amide bonds. The molecule has 0 aromatic rings. The summed E-state index contributed by atoms with van der Waals surface area (Å²) in [7, 11) is -3.16. The summed E-state index contributed by atoms with van der Waals surface area (Å²) in [5, 5.41) is 2.91. The van der Waals surface area contributed by atoms with Crippen LogP contribution >= 0.6 is 0 Å². The molecule has 1 unspecified atom stereocenters. The van der Waals surface area contributed by atoms with E-state index in [0.717, 1.165) is 25.7 Å². The van der Waals surface area contributed by atoms with E-state index in [2.05, 4.69) is 5.32 Å². The molecule has 0 aromatic heterocycles. The molecule has 21 heavy (non-hydrogen) atoms. The van der Waals surface area contributed by atoms with Gasteiger partial charge in [0.15, 0.2) is 0 Å². The third-order valence-corrected chi connectivity index (χ3v) is 5.89. The highest BCUT2D eigenvalue weighted by Gasteiger charge is 2.56. The summed E-state index contributed by atoms with van der Waals surface area (Å²) >= 11 is 0. The SMILES string of the molecule is CS(=O)(=O)CCN1C(=O)C(C2CC2)NC(=O)C12CCCC2. The average molecular weight is 314 g/mol. The van der Waals surface area contributed by atoms with Crippen LogP contribution in [0.2, 0.25) is 0 Å². The quantitative estimate of drug-likeness (QED) is 0.796. The van der Waals surface area contributed by atoms with Gasteiger partial charge in [0.1, 0.15) is 21.4 Å². The topological polar surface area (TPSA) is 83.6 Å². The molecule has 3 aliphatic rings. The molecule has 0 aromatic carbocycles. The van der Waals surface area contributed by atoms with Crippen LogP contribution in [0.15, 0.2) is 0 Å². The van der Waals surface area contributed by atoms with Crippen molar-refractivity contribution in [2.45, 2.75) is 50.1 Å². The lowest BCUT2D eigenvalue weighted by molar-refractivity contribution is -0.157. The number of nitrogens with one attached hydrogen (secondary N) is 1. The summed E-state index contributed by atoms with van der Waals surface area (Å²) in [6.07, 6.45) is 6.19. The van der Waals surface area contributed by atoms with Crippen LogP contribution in [0, 0.1) is 5.92 Å². The number of sulfone groups is 1. The third-order valence-electron chi connectivity index (χ3n) is 4.97. The van der Waals surface area contributed by atoms with Crippen molar-refractivity contribution in [3.8, 4) is 0 Å². The first kappa shape index (κ1) is 14.8. The Bertz CT molecular complexity index is 562. The maximum absolute atomic E-state index is 12.7. The molecule has 1 saturated heterocycles. The Morgan fingerprint density at radius 2 is 1.86 bits per heavy atom. The van der Waals surface area contributed by atoms with Gasteiger partial charge in [0.05, 0.1) is 5.75 Å². The van der Waals surface area contributed by atoms with Crippen LogP contribution in [0.3, 0.4) is 0 Å². The summed E-state index contributed by atoms with van der Waals surface area (Å²) in [4.78, 5) is 26.9. The highest BCUT2D eigenvalue weighted by molar-refractivity contribution is 7.90. The first-order chi connectivity index (χ1) is 9.83. The van der Waals surface area contributed by atoms with Crippen LogP contribution in [0.1, 0.15) is 38.5 Å². The molecule has 1 heterocycles. The van der Waals surface area contributed by atoms with E-state index in [1.165, 1.54) is 6.26 Å². The monoisotopic (exact) mass is 314 g/mol. The number of amides is 2. The van der Waals surface area contributed by atoms with Crippen molar-refractivity contribution in [1.82, 2.24) is 10.2 Å². The van der Waals surface area contributed by atoms with Crippen LogP contribution in [0.5, 0.6) is 0 Å². The molecule has 1 atom stereocenters. The molecule has 2 saturated carbocycles. The highest BCUT2D eigenvalue weighted by Crippen LogP contribution is 2.42. The fourth-order valence-electron chi connectivity index (χ4n) is 3.63. The number of rotatable bonds is 4. The Kier molecular flexibility index (Phi) is 3.50. The van der Waals surface area contributed by atoms with Crippen molar-refractivity contribution in [2.75, 3.05) is 18.6 Å². The minimum absolute atomic E-state index is 0.0782. The zero-order chi connectivity index (χ0) is 15.3. The van der Waals surface area contributed by atoms with Crippen molar-refractivity contribution in [2.24, 2.45) is 5.92 Å². The van der Waals surface area contributed by atoms with Crippen LogP contribution in [-0.4, -0.2) is 55.3 Å². The number of piperazine rings is 1. The van der Waals surface area contributed by atoms with Crippen molar-refractivity contribution < 1.29 is 18.0 Å². The zero-order valence-corrected chi connectivity index (χ0v) is 13.1. The molecule has 6 nitrogen and oxygen atoms in total. The molecule has 3 fully saturated rings. The summed E-state index contributed by atoms with van der Waals surface area (Å²) in [5.74, 6) is -0.000822. The highest BCUT2D eigenvalue weighted by atomic mass is 32.2. The van der Waals surface area contributed by atoms with Gasteiger partial charge in [-0.2, -0.15) is 0 Å². The number of nitrogens with zero attached hydrogens (tertiary/aromatic N) is 1. The lowest BCUT2D eigenvalue weighted by atomic mass is 9.88. The Morgan fingerprint density at radius 3 is 2.38 bits per heavy atom. The molecule has 118 valence electrons. The van der Waals surface area contributed by atoms with Gasteiger partial charge in [-0.1, -0.05) is 12.8 Å². The Balaban J connectivity index is 1.87. The minimum atomic E-state index is -3.16. The van der Waals surface area contributed by atoms with E-state index in [4.69, 9.17) is 0 Å². The van der Waals surface area contributed by atoms with E-state index >= 15 is 0 Å². The first-order valence-electron chi connectivity index (χ1n) is 7.64. The Hall–Kier alpha value is -1.11. The van der Waals surface area contributed by atoms with E-state index < -0.39 is 21.4 Å². The normalized spacial score (nSPS) is 29.0. The predicted molar refractivity (Wildman–Crippen MR) is 77.3 cm³/mol. The van der Waals surface area contributed by atoms with Crippen LogP contribution in [0.4, 0.5) is 0 Å². The molecule has 1 aliphatic heterocycles. The average Bonchev–Trinajstić information content (AvgIpc) is 3.11. The van der Waals surface area contributed by atoms with Gasteiger partial charge in [-0.15, -0.1) is 0 Å². The molecular weight excluding hydrogens is 292 g/mol. The molecular formula is C14H22N2O4S. The van der Waals surface area contributed by atoms with E-state index in [0.29, 0.717) is 12.8 Å². The molecule has 3 rings (SSSR count).